The van der Waals surface area contributed by atoms with E-state index in [1.165, 1.54) is 5.69 Å². The van der Waals surface area contributed by atoms with E-state index in [1.807, 2.05) is 12.5 Å². The molecule has 1 heterocycles. The lowest BCUT2D eigenvalue weighted by molar-refractivity contribution is 0.650. The number of alkyl halides is 1. The third-order valence-corrected chi connectivity index (χ3v) is 1.80. The summed E-state index contributed by atoms with van der Waals surface area (Å²) in [6.07, 6.45) is 5.82. The Labute approximate surface area is 72.2 Å². The molecule has 0 aliphatic carbocycles. The van der Waals surface area contributed by atoms with Gasteiger partial charge in [0.05, 0.1) is 6.33 Å². The summed E-state index contributed by atoms with van der Waals surface area (Å²) < 4.78 is 2.16. The largest absolute Gasteiger partial charge is 0.335 e. The van der Waals surface area contributed by atoms with Gasteiger partial charge in [-0.15, -0.1) is 11.6 Å². The van der Waals surface area contributed by atoms with Gasteiger partial charge in [0, 0.05) is 30.7 Å². The molecule has 2 nitrogen and oxygen atoms in total. The average Bonchev–Trinajstić information content (AvgIpc) is 2.39. The van der Waals surface area contributed by atoms with Crippen LogP contribution in [-0.2, 0) is 13.0 Å². The van der Waals surface area contributed by atoms with Crippen molar-refractivity contribution < 1.29 is 0 Å². The molecule has 3 heteroatoms. The highest BCUT2D eigenvalue weighted by atomic mass is 35.5. The standard InChI is InChI=1S/C8H13ClN2/c1-2-5-11-7-10-6-8(11)3-4-9/h6-7H,2-5H2,1H3. The van der Waals surface area contributed by atoms with Gasteiger partial charge in [0.1, 0.15) is 0 Å². The third kappa shape index (κ3) is 2.22. The topological polar surface area (TPSA) is 17.8 Å². The number of hydrogen-bond acceptors (Lipinski definition) is 1. The fourth-order valence-electron chi connectivity index (χ4n) is 1.10. The fourth-order valence-corrected chi connectivity index (χ4v) is 1.29. The van der Waals surface area contributed by atoms with Crippen LogP contribution in [0, 0.1) is 0 Å². The summed E-state index contributed by atoms with van der Waals surface area (Å²) in [4.78, 5) is 4.06. The van der Waals surface area contributed by atoms with Gasteiger partial charge in [-0.05, 0) is 6.42 Å². The Morgan fingerprint density at radius 1 is 1.64 bits per heavy atom. The predicted molar refractivity (Wildman–Crippen MR) is 46.9 cm³/mol. The van der Waals surface area contributed by atoms with Gasteiger partial charge in [0.2, 0.25) is 0 Å². The van der Waals surface area contributed by atoms with Crippen LogP contribution in [-0.4, -0.2) is 15.4 Å². The molecule has 62 valence electrons. The molecule has 0 unspecified atom stereocenters. The lowest BCUT2D eigenvalue weighted by Gasteiger charge is -2.03. The number of nitrogens with zero attached hydrogens (tertiary/aromatic N) is 2. The molecule has 1 rings (SSSR count). The van der Waals surface area contributed by atoms with Crippen LogP contribution in [0.5, 0.6) is 0 Å². The van der Waals surface area contributed by atoms with Crippen LogP contribution in [0.2, 0.25) is 0 Å². The lowest BCUT2D eigenvalue weighted by Crippen LogP contribution is -2.01. The van der Waals surface area contributed by atoms with Crippen molar-refractivity contribution in [1.82, 2.24) is 9.55 Å². The van der Waals surface area contributed by atoms with Gasteiger partial charge in [-0.25, -0.2) is 4.98 Å². The quantitative estimate of drug-likeness (QED) is 0.636. The monoisotopic (exact) mass is 172 g/mol. The van der Waals surface area contributed by atoms with Gasteiger partial charge >= 0.3 is 0 Å². The van der Waals surface area contributed by atoms with Crippen LogP contribution >= 0.6 is 11.6 Å². The van der Waals surface area contributed by atoms with Crippen molar-refractivity contribution in [2.45, 2.75) is 26.3 Å². The molecule has 0 saturated carbocycles. The first-order chi connectivity index (χ1) is 5.38. The molecular formula is C8H13ClN2. The number of aryl methyl sites for hydroxylation is 2. The Kier molecular flexibility index (Phi) is 3.43. The van der Waals surface area contributed by atoms with E-state index in [0.717, 1.165) is 19.4 Å². The van der Waals surface area contributed by atoms with Crippen molar-refractivity contribution in [1.29, 1.82) is 0 Å². The van der Waals surface area contributed by atoms with E-state index in [0.29, 0.717) is 5.88 Å². The maximum Gasteiger partial charge on any atom is 0.0948 e. The van der Waals surface area contributed by atoms with E-state index in [9.17, 15) is 0 Å². The van der Waals surface area contributed by atoms with Gasteiger partial charge < -0.3 is 4.57 Å². The second-order valence-corrected chi connectivity index (χ2v) is 2.90. The first-order valence-electron chi connectivity index (χ1n) is 3.93. The summed E-state index contributed by atoms with van der Waals surface area (Å²) in [5.41, 5.74) is 1.24. The van der Waals surface area contributed by atoms with Crippen LogP contribution in [0.1, 0.15) is 19.0 Å². The van der Waals surface area contributed by atoms with Crippen molar-refractivity contribution in [3.05, 3.63) is 18.2 Å². The van der Waals surface area contributed by atoms with E-state index < -0.39 is 0 Å². The molecule has 0 N–H and O–H groups in total. The van der Waals surface area contributed by atoms with Gasteiger partial charge in [-0.1, -0.05) is 6.92 Å². The Morgan fingerprint density at radius 3 is 3.09 bits per heavy atom. The number of imidazole rings is 1. The highest BCUT2D eigenvalue weighted by molar-refractivity contribution is 6.17. The zero-order valence-corrected chi connectivity index (χ0v) is 7.51. The molecule has 1 aromatic rings. The van der Waals surface area contributed by atoms with Crippen molar-refractivity contribution in [3.8, 4) is 0 Å². The molecule has 0 aliphatic rings. The molecule has 0 radical (unpaired) electrons. The van der Waals surface area contributed by atoms with Gasteiger partial charge in [0.25, 0.3) is 0 Å². The first kappa shape index (κ1) is 8.60. The molecule has 0 spiro atoms. The van der Waals surface area contributed by atoms with Crippen molar-refractivity contribution in [3.63, 3.8) is 0 Å². The Bertz CT molecular complexity index is 187. The molecule has 0 bridgehead atoms. The normalized spacial score (nSPS) is 10.4. The number of aromatic nitrogens is 2. The van der Waals surface area contributed by atoms with Crippen LogP contribution in [0.25, 0.3) is 0 Å². The third-order valence-electron chi connectivity index (χ3n) is 1.61. The summed E-state index contributed by atoms with van der Waals surface area (Å²) in [5.74, 6) is 0.676. The Balaban J connectivity index is 2.62. The van der Waals surface area contributed by atoms with Gasteiger partial charge in [-0.3, -0.25) is 0 Å². The average molecular weight is 173 g/mol. The molecule has 0 amide bonds. The summed E-state index contributed by atoms with van der Waals surface area (Å²) >= 11 is 5.62. The van der Waals surface area contributed by atoms with Crippen LogP contribution < -0.4 is 0 Å². The van der Waals surface area contributed by atoms with E-state index in [1.54, 1.807) is 0 Å². The minimum atomic E-state index is 0.676. The molecule has 0 fully saturated rings. The van der Waals surface area contributed by atoms with E-state index in [2.05, 4.69) is 16.5 Å². The van der Waals surface area contributed by atoms with E-state index >= 15 is 0 Å². The summed E-state index contributed by atoms with van der Waals surface area (Å²) in [7, 11) is 0. The zero-order chi connectivity index (χ0) is 8.10. The zero-order valence-electron chi connectivity index (χ0n) is 6.76. The predicted octanol–water partition coefficient (Wildman–Crippen LogP) is 2.07. The van der Waals surface area contributed by atoms with Crippen molar-refractivity contribution in [2.24, 2.45) is 0 Å². The highest BCUT2D eigenvalue weighted by Gasteiger charge is 1.98. The summed E-state index contributed by atoms with van der Waals surface area (Å²) in [6, 6.07) is 0. The maximum atomic E-state index is 5.62. The maximum absolute atomic E-state index is 5.62. The van der Waals surface area contributed by atoms with Crippen LogP contribution in [0.3, 0.4) is 0 Å². The number of hydrogen-bond donors (Lipinski definition) is 0. The molecule has 0 aromatic carbocycles. The van der Waals surface area contributed by atoms with Crippen LogP contribution in [0.15, 0.2) is 12.5 Å². The molecule has 0 aliphatic heterocycles. The van der Waals surface area contributed by atoms with Crippen molar-refractivity contribution in [2.75, 3.05) is 5.88 Å². The summed E-state index contributed by atoms with van der Waals surface area (Å²) in [6.45, 7) is 3.21. The number of halogens is 1. The van der Waals surface area contributed by atoms with Crippen LogP contribution in [0.4, 0.5) is 0 Å². The van der Waals surface area contributed by atoms with Gasteiger partial charge in [-0.2, -0.15) is 0 Å². The molecule has 0 atom stereocenters. The Hall–Kier alpha value is -0.500. The minimum Gasteiger partial charge on any atom is -0.335 e. The smallest absolute Gasteiger partial charge is 0.0948 e. The Morgan fingerprint density at radius 2 is 2.45 bits per heavy atom. The molecule has 0 saturated heterocycles. The lowest BCUT2D eigenvalue weighted by atomic mass is 10.3. The fraction of sp³-hybridized carbons (Fsp3) is 0.625. The first-order valence-corrected chi connectivity index (χ1v) is 4.47. The second kappa shape index (κ2) is 4.39. The molecule has 1 aromatic heterocycles. The highest BCUT2D eigenvalue weighted by Crippen LogP contribution is 2.02. The van der Waals surface area contributed by atoms with E-state index in [4.69, 9.17) is 11.6 Å². The molecule has 11 heavy (non-hydrogen) atoms. The van der Waals surface area contributed by atoms with Crippen molar-refractivity contribution >= 4 is 11.6 Å². The second-order valence-electron chi connectivity index (χ2n) is 2.52. The van der Waals surface area contributed by atoms with E-state index in [-0.39, 0.29) is 0 Å². The number of rotatable bonds is 4. The summed E-state index contributed by atoms with van der Waals surface area (Å²) in [5, 5.41) is 0. The molecular weight excluding hydrogens is 160 g/mol. The minimum absolute atomic E-state index is 0.676. The van der Waals surface area contributed by atoms with Gasteiger partial charge in [0.15, 0.2) is 0 Å². The SMILES string of the molecule is CCCn1cncc1CCCl.